The molecule has 1 aromatic rings. The zero-order valence-corrected chi connectivity index (χ0v) is 18.4. The average molecular weight is 400 g/mol. The predicted molar refractivity (Wildman–Crippen MR) is 116 cm³/mol. The van der Waals surface area contributed by atoms with Gasteiger partial charge in [-0.05, 0) is 88.0 Å². The highest BCUT2D eigenvalue weighted by Crippen LogP contribution is 2.51. The Morgan fingerprint density at radius 3 is 2.90 bits per heavy atom. The number of likely N-dealkylation sites (tertiary alicyclic amines) is 2. The highest BCUT2D eigenvalue weighted by atomic mass is 16.5. The summed E-state index contributed by atoms with van der Waals surface area (Å²) in [5, 5.41) is 3.68. The second-order valence-corrected chi connectivity index (χ2v) is 9.31. The van der Waals surface area contributed by atoms with Crippen molar-refractivity contribution in [2.24, 2.45) is 5.92 Å². The number of fused-ring (bicyclic) bond motifs is 4. The summed E-state index contributed by atoms with van der Waals surface area (Å²) in [6.07, 6.45) is 6.35. The number of ether oxygens (including phenoxy) is 1. The molecule has 1 amide bonds. The Kier molecular flexibility index (Phi) is 6.16. The van der Waals surface area contributed by atoms with Crippen LogP contribution in [0.25, 0.3) is 0 Å². The molecule has 1 aliphatic carbocycles. The number of hydrogen-bond donors (Lipinski definition) is 1. The molecule has 5 nitrogen and oxygen atoms in total. The SMILES string of the molecule is COc1ccc2c(c1)[C@@]1(CCNCCCN3CCCC3=O)CCN(C)[C@H](C2)[C@@H]1C. The van der Waals surface area contributed by atoms with E-state index in [1.807, 2.05) is 4.90 Å². The highest BCUT2D eigenvalue weighted by Gasteiger charge is 2.50. The Morgan fingerprint density at radius 1 is 1.28 bits per heavy atom. The summed E-state index contributed by atoms with van der Waals surface area (Å²) in [6, 6.07) is 7.36. The molecule has 0 unspecified atom stereocenters. The lowest BCUT2D eigenvalue weighted by Gasteiger charge is -2.55. The quantitative estimate of drug-likeness (QED) is 0.683. The zero-order chi connectivity index (χ0) is 20.4. The van der Waals surface area contributed by atoms with Crippen LogP contribution in [0.2, 0.25) is 0 Å². The third-order valence-corrected chi connectivity index (χ3v) is 7.91. The van der Waals surface area contributed by atoms with E-state index in [0.717, 1.165) is 57.6 Å². The number of amides is 1. The molecule has 160 valence electrons. The first-order chi connectivity index (χ1) is 14.0. The largest absolute Gasteiger partial charge is 0.497 e. The first-order valence-electron chi connectivity index (χ1n) is 11.4. The zero-order valence-electron chi connectivity index (χ0n) is 18.4. The molecule has 2 aliphatic heterocycles. The lowest BCUT2D eigenvalue weighted by molar-refractivity contribution is -0.127. The first-order valence-corrected chi connectivity index (χ1v) is 11.4. The molecule has 2 heterocycles. The Balaban J connectivity index is 1.40. The molecule has 29 heavy (non-hydrogen) atoms. The smallest absolute Gasteiger partial charge is 0.222 e. The Labute approximate surface area is 175 Å². The lowest BCUT2D eigenvalue weighted by atomic mass is 9.56. The van der Waals surface area contributed by atoms with Gasteiger partial charge in [0.05, 0.1) is 7.11 Å². The van der Waals surface area contributed by atoms with Crippen LogP contribution in [0, 0.1) is 5.92 Å². The fraction of sp³-hybridized carbons (Fsp3) is 0.708. The van der Waals surface area contributed by atoms with E-state index in [4.69, 9.17) is 4.74 Å². The van der Waals surface area contributed by atoms with E-state index in [-0.39, 0.29) is 5.41 Å². The van der Waals surface area contributed by atoms with Gasteiger partial charge in [-0.3, -0.25) is 4.79 Å². The van der Waals surface area contributed by atoms with E-state index in [0.29, 0.717) is 17.9 Å². The van der Waals surface area contributed by atoms with Crippen molar-refractivity contribution in [2.75, 3.05) is 46.9 Å². The number of carbonyl (C=O) groups is 1. The van der Waals surface area contributed by atoms with Crippen LogP contribution in [0.5, 0.6) is 5.75 Å². The van der Waals surface area contributed by atoms with Gasteiger partial charge in [0, 0.05) is 31.0 Å². The van der Waals surface area contributed by atoms with Crippen LogP contribution in [0.3, 0.4) is 0 Å². The first kappa shape index (κ1) is 20.7. The molecule has 2 fully saturated rings. The second kappa shape index (κ2) is 8.65. The molecule has 2 saturated heterocycles. The molecule has 0 aromatic heterocycles. The number of hydrogen-bond acceptors (Lipinski definition) is 4. The third kappa shape index (κ3) is 3.91. The van der Waals surface area contributed by atoms with Gasteiger partial charge in [0.2, 0.25) is 5.91 Å². The fourth-order valence-electron chi connectivity index (χ4n) is 6.04. The van der Waals surface area contributed by atoms with E-state index in [1.54, 1.807) is 7.11 Å². The van der Waals surface area contributed by atoms with Gasteiger partial charge in [-0.15, -0.1) is 0 Å². The molecule has 4 rings (SSSR count). The van der Waals surface area contributed by atoms with Crippen LogP contribution in [0.15, 0.2) is 18.2 Å². The summed E-state index contributed by atoms with van der Waals surface area (Å²) in [7, 11) is 4.06. The van der Waals surface area contributed by atoms with Crippen molar-refractivity contribution in [1.29, 1.82) is 0 Å². The molecular formula is C24H37N3O2. The molecule has 0 saturated carbocycles. The van der Waals surface area contributed by atoms with Gasteiger partial charge in [0.15, 0.2) is 0 Å². The molecule has 3 atom stereocenters. The van der Waals surface area contributed by atoms with Crippen LogP contribution < -0.4 is 10.1 Å². The van der Waals surface area contributed by atoms with E-state index in [2.05, 4.69) is 42.4 Å². The number of rotatable bonds is 8. The number of benzene rings is 1. The van der Waals surface area contributed by atoms with Crippen molar-refractivity contribution in [3.8, 4) is 5.75 Å². The standard InChI is InChI=1S/C24H37N3O2/c1-18-22-16-19-7-8-20(29-3)17-21(19)24(18,10-15-26(22)2)9-12-25-11-5-14-27-13-4-6-23(27)28/h7-8,17-18,22,25H,4-6,9-16H2,1-3H3/t18-,22+,24-/m0/s1. The summed E-state index contributed by atoms with van der Waals surface area (Å²) < 4.78 is 5.58. The average Bonchev–Trinajstić information content (AvgIpc) is 3.13. The molecule has 0 spiro atoms. The molecule has 5 heteroatoms. The number of carbonyl (C=O) groups excluding carboxylic acids is 1. The number of nitrogens with zero attached hydrogens (tertiary/aromatic N) is 2. The maximum absolute atomic E-state index is 11.7. The topological polar surface area (TPSA) is 44.8 Å². The fourth-order valence-corrected chi connectivity index (χ4v) is 6.04. The van der Waals surface area contributed by atoms with Crippen LogP contribution in [0.4, 0.5) is 0 Å². The third-order valence-electron chi connectivity index (χ3n) is 7.91. The summed E-state index contributed by atoms with van der Waals surface area (Å²) in [5.74, 6) is 1.96. The molecule has 3 aliphatic rings. The maximum Gasteiger partial charge on any atom is 0.222 e. The van der Waals surface area contributed by atoms with Crippen LogP contribution in [-0.4, -0.2) is 68.6 Å². The minimum atomic E-state index is 0.233. The predicted octanol–water partition coefficient (Wildman–Crippen LogP) is 2.82. The van der Waals surface area contributed by atoms with Crippen LogP contribution in [-0.2, 0) is 16.6 Å². The van der Waals surface area contributed by atoms with Gasteiger partial charge in [-0.25, -0.2) is 0 Å². The molecule has 0 radical (unpaired) electrons. The van der Waals surface area contributed by atoms with E-state index in [1.165, 1.54) is 30.5 Å². The number of piperidine rings is 1. The summed E-state index contributed by atoms with van der Waals surface area (Å²) in [4.78, 5) is 16.3. The molecule has 1 N–H and O–H groups in total. The number of likely N-dealkylation sites (N-methyl/N-ethyl adjacent to an activating group) is 1. The van der Waals surface area contributed by atoms with Crippen molar-refractivity contribution in [1.82, 2.24) is 15.1 Å². The minimum Gasteiger partial charge on any atom is -0.497 e. The minimum absolute atomic E-state index is 0.233. The summed E-state index contributed by atoms with van der Waals surface area (Å²) in [6.45, 7) is 7.51. The van der Waals surface area contributed by atoms with Gasteiger partial charge < -0.3 is 19.9 Å². The maximum atomic E-state index is 11.7. The van der Waals surface area contributed by atoms with E-state index in [9.17, 15) is 4.79 Å². The summed E-state index contributed by atoms with van der Waals surface area (Å²) in [5.41, 5.74) is 3.27. The van der Waals surface area contributed by atoms with Crippen molar-refractivity contribution < 1.29 is 9.53 Å². The van der Waals surface area contributed by atoms with Crippen molar-refractivity contribution in [3.05, 3.63) is 29.3 Å². The Hall–Kier alpha value is -1.59. The van der Waals surface area contributed by atoms with Gasteiger partial charge in [0.1, 0.15) is 5.75 Å². The van der Waals surface area contributed by atoms with Gasteiger partial charge in [-0.1, -0.05) is 13.0 Å². The van der Waals surface area contributed by atoms with E-state index < -0.39 is 0 Å². The van der Waals surface area contributed by atoms with Crippen molar-refractivity contribution >= 4 is 5.91 Å². The second-order valence-electron chi connectivity index (χ2n) is 9.31. The van der Waals surface area contributed by atoms with E-state index >= 15 is 0 Å². The van der Waals surface area contributed by atoms with Crippen molar-refractivity contribution in [2.45, 2.75) is 56.9 Å². The lowest BCUT2D eigenvalue weighted by Crippen LogP contribution is -2.58. The molecule has 1 aromatic carbocycles. The van der Waals surface area contributed by atoms with Gasteiger partial charge in [0.25, 0.3) is 0 Å². The Morgan fingerprint density at radius 2 is 2.14 bits per heavy atom. The van der Waals surface area contributed by atoms with Gasteiger partial charge >= 0.3 is 0 Å². The summed E-state index contributed by atoms with van der Waals surface area (Å²) >= 11 is 0. The van der Waals surface area contributed by atoms with Gasteiger partial charge in [-0.2, -0.15) is 0 Å². The molecular weight excluding hydrogens is 362 g/mol. The van der Waals surface area contributed by atoms with Crippen LogP contribution in [0.1, 0.15) is 50.2 Å². The highest BCUT2D eigenvalue weighted by molar-refractivity contribution is 5.77. The molecule has 2 bridgehead atoms. The normalized spacial score (nSPS) is 29.2. The monoisotopic (exact) mass is 399 g/mol. The van der Waals surface area contributed by atoms with Crippen LogP contribution >= 0.6 is 0 Å². The van der Waals surface area contributed by atoms with Crippen molar-refractivity contribution in [3.63, 3.8) is 0 Å². The Bertz CT molecular complexity index is 737. The number of nitrogens with one attached hydrogen (secondary N) is 1. The number of methoxy groups -OCH3 is 1.